The van der Waals surface area contributed by atoms with Gasteiger partial charge in [-0.05, 0) is 67.2 Å². The van der Waals surface area contributed by atoms with E-state index in [1.807, 2.05) is 17.9 Å². The SMILES string of the molecule is Cn1cc(-c2ccc3c(c2)C2C=C(c4ccc5ccc6cccc7ccc4c5c67)C=CC2O3)cn1. The van der Waals surface area contributed by atoms with E-state index in [1.165, 1.54) is 54.6 Å². The third-order valence-electron chi connectivity index (χ3n) is 7.69. The number of nitrogens with zero attached hydrogens (tertiary/aromatic N) is 2. The van der Waals surface area contributed by atoms with Crippen LogP contribution in [0.2, 0.25) is 0 Å². The van der Waals surface area contributed by atoms with E-state index in [2.05, 4.69) is 102 Å². The summed E-state index contributed by atoms with van der Waals surface area (Å²) in [5.74, 6) is 1.17. The molecule has 1 aromatic heterocycles. The lowest BCUT2D eigenvalue weighted by Crippen LogP contribution is -2.17. The number of aromatic nitrogens is 2. The van der Waals surface area contributed by atoms with Crippen molar-refractivity contribution in [3.05, 3.63) is 115 Å². The molecule has 35 heavy (non-hydrogen) atoms. The first-order valence-electron chi connectivity index (χ1n) is 12.1. The van der Waals surface area contributed by atoms with Crippen molar-refractivity contribution >= 4 is 37.9 Å². The highest BCUT2D eigenvalue weighted by Gasteiger charge is 2.34. The van der Waals surface area contributed by atoms with Crippen LogP contribution in [0.25, 0.3) is 49.0 Å². The lowest BCUT2D eigenvalue weighted by Gasteiger charge is -2.20. The summed E-state index contributed by atoms with van der Waals surface area (Å²) in [4.78, 5) is 0. The second-order valence-corrected chi connectivity index (χ2v) is 9.71. The van der Waals surface area contributed by atoms with Crippen LogP contribution in [0.1, 0.15) is 17.0 Å². The number of hydrogen-bond donors (Lipinski definition) is 0. The van der Waals surface area contributed by atoms with E-state index in [4.69, 9.17) is 4.74 Å². The van der Waals surface area contributed by atoms with Crippen molar-refractivity contribution < 1.29 is 4.74 Å². The molecule has 2 heterocycles. The molecule has 0 saturated heterocycles. The molecule has 1 aliphatic carbocycles. The summed E-state index contributed by atoms with van der Waals surface area (Å²) in [7, 11) is 1.95. The molecular formula is C32H22N2O. The van der Waals surface area contributed by atoms with Crippen LogP contribution in [0.4, 0.5) is 0 Å². The van der Waals surface area contributed by atoms with Crippen molar-refractivity contribution in [2.24, 2.45) is 7.05 Å². The average Bonchev–Trinajstić information content (AvgIpc) is 3.49. The van der Waals surface area contributed by atoms with Crippen molar-refractivity contribution in [3.8, 4) is 16.9 Å². The minimum Gasteiger partial charge on any atom is -0.485 e. The van der Waals surface area contributed by atoms with Gasteiger partial charge in [-0.2, -0.15) is 5.10 Å². The highest BCUT2D eigenvalue weighted by Crippen LogP contribution is 2.46. The molecule has 6 aromatic rings. The summed E-state index contributed by atoms with van der Waals surface area (Å²) < 4.78 is 8.16. The van der Waals surface area contributed by atoms with E-state index in [9.17, 15) is 0 Å². The second kappa shape index (κ2) is 6.83. The highest BCUT2D eigenvalue weighted by atomic mass is 16.5. The molecule has 166 valence electrons. The van der Waals surface area contributed by atoms with E-state index in [-0.39, 0.29) is 12.0 Å². The standard InChI is InChI=1S/C32H22N2O/c1-34-18-24(17-33-34)22-9-13-29-27(15-22)28-16-23(10-14-30(28)35-29)25-11-7-21-6-5-19-3-2-4-20-8-12-26(25)32(21)31(19)20/h2-18,28,30H,1H3. The normalized spacial score (nSPS) is 18.7. The predicted molar refractivity (Wildman–Crippen MR) is 143 cm³/mol. The molecular weight excluding hydrogens is 428 g/mol. The van der Waals surface area contributed by atoms with Gasteiger partial charge in [0.05, 0.1) is 6.20 Å². The maximum absolute atomic E-state index is 6.32. The van der Waals surface area contributed by atoms with Gasteiger partial charge in [0.2, 0.25) is 0 Å². The number of hydrogen-bond acceptors (Lipinski definition) is 2. The van der Waals surface area contributed by atoms with Gasteiger partial charge < -0.3 is 4.74 Å². The van der Waals surface area contributed by atoms with Gasteiger partial charge in [0.25, 0.3) is 0 Å². The summed E-state index contributed by atoms with van der Waals surface area (Å²) in [5.41, 5.74) is 6.08. The van der Waals surface area contributed by atoms with Gasteiger partial charge in [-0.25, -0.2) is 0 Å². The molecule has 8 rings (SSSR count). The Bertz CT molecular complexity index is 1840. The van der Waals surface area contributed by atoms with Crippen LogP contribution < -0.4 is 4.74 Å². The molecule has 0 N–H and O–H groups in total. The van der Waals surface area contributed by atoms with Gasteiger partial charge in [-0.1, -0.05) is 72.8 Å². The van der Waals surface area contributed by atoms with Gasteiger partial charge in [0, 0.05) is 30.3 Å². The summed E-state index contributed by atoms with van der Waals surface area (Å²) >= 11 is 0. The Morgan fingerprint density at radius 2 is 1.63 bits per heavy atom. The molecule has 5 aromatic carbocycles. The Labute approximate surface area is 202 Å². The summed E-state index contributed by atoms with van der Waals surface area (Å²) in [6, 6.07) is 26.7. The molecule has 0 bridgehead atoms. The quantitative estimate of drug-likeness (QED) is 0.256. The van der Waals surface area contributed by atoms with E-state index < -0.39 is 0 Å². The van der Waals surface area contributed by atoms with Crippen LogP contribution in [-0.2, 0) is 7.05 Å². The molecule has 0 amide bonds. The maximum Gasteiger partial charge on any atom is 0.128 e. The van der Waals surface area contributed by atoms with Crippen molar-refractivity contribution in [1.29, 1.82) is 0 Å². The number of aryl methyl sites for hydroxylation is 1. The Balaban J connectivity index is 1.29. The molecule has 3 nitrogen and oxygen atoms in total. The van der Waals surface area contributed by atoms with E-state index in [0.29, 0.717) is 0 Å². The smallest absolute Gasteiger partial charge is 0.128 e. The topological polar surface area (TPSA) is 27.1 Å². The molecule has 0 radical (unpaired) electrons. The zero-order valence-electron chi connectivity index (χ0n) is 19.3. The molecule has 0 saturated carbocycles. The number of fused-ring (bicyclic) bond motifs is 3. The third kappa shape index (κ3) is 2.69. The Kier molecular flexibility index (Phi) is 3.71. The highest BCUT2D eigenvalue weighted by molar-refractivity contribution is 6.24. The summed E-state index contributed by atoms with van der Waals surface area (Å²) in [5, 5.41) is 12.3. The number of ether oxygens (including phenoxy) is 1. The molecule has 1 aliphatic heterocycles. The van der Waals surface area contributed by atoms with Gasteiger partial charge >= 0.3 is 0 Å². The van der Waals surface area contributed by atoms with Crippen LogP contribution in [0.3, 0.4) is 0 Å². The fourth-order valence-electron chi connectivity index (χ4n) is 6.02. The van der Waals surface area contributed by atoms with Gasteiger partial charge in [-0.15, -0.1) is 0 Å². The van der Waals surface area contributed by atoms with E-state index in [1.54, 1.807) is 0 Å². The fraction of sp³-hybridized carbons (Fsp3) is 0.0938. The Morgan fingerprint density at radius 3 is 2.46 bits per heavy atom. The molecule has 2 aliphatic rings. The van der Waals surface area contributed by atoms with Gasteiger partial charge in [0.1, 0.15) is 11.9 Å². The van der Waals surface area contributed by atoms with Crippen molar-refractivity contribution in [1.82, 2.24) is 9.78 Å². The van der Waals surface area contributed by atoms with Crippen molar-refractivity contribution in [3.63, 3.8) is 0 Å². The largest absolute Gasteiger partial charge is 0.485 e. The van der Waals surface area contributed by atoms with Crippen LogP contribution in [0.5, 0.6) is 5.75 Å². The van der Waals surface area contributed by atoms with Gasteiger partial charge in [-0.3, -0.25) is 4.68 Å². The summed E-state index contributed by atoms with van der Waals surface area (Å²) in [6.45, 7) is 0. The lowest BCUT2D eigenvalue weighted by atomic mass is 9.84. The average molecular weight is 451 g/mol. The number of rotatable bonds is 2. The molecule has 0 fully saturated rings. The Morgan fingerprint density at radius 1 is 0.829 bits per heavy atom. The minimum atomic E-state index is 0.0395. The number of benzene rings is 5. The zero-order chi connectivity index (χ0) is 23.1. The minimum absolute atomic E-state index is 0.0395. The lowest BCUT2D eigenvalue weighted by molar-refractivity contribution is 0.269. The monoisotopic (exact) mass is 450 g/mol. The molecule has 2 atom stereocenters. The van der Waals surface area contributed by atoms with Crippen LogP contribution in [-0.4, -0.2) is 15.9 Å². The third-order valence-corrected chi connectivity index (χ3v) is 7.69. The molecule has 3 heteroatoms. The van der Waals surface area contributed by atoms with Crippen LogP contribution in [0, 0.1) is 0 Å². The first kappa shape index (κ1) is 19.0. The second-order valence-electron chi connectivity index (χ2n) is 9.71. The summed E-state index contributed by atoms with van der Waals surface area (Å²) in [6.07, 6.45) is 10.9. The van der Waals surface area contributed by atoms with E-state index in [0.717, 1.165) is 11.3 Å². The zero-order valence-corrected chi connectivity index (χ0v) is 19.3. The van der Waals surface area contributed by atoms with Crippen LogP contribution >= 0.6 is 0 Å². The first-order chi connectivity index (χ1) is 17.2. The fourth-order valence-corrected chi connectivity index (χ4v) is 6.02. The Hall–Kier alpha value is -4.37. The van der Waals surface area contributed by atoms with Gasteiger partial charge in [0.15, 0.2) is 0 Å². The number of allylic oxidation sites excluding steroid dienone is 2. The van der Waals surface area contributed by atoms with Crippen molar-refractivity contribution in [2.45, 2.75) is 12.0 Å². The first-order valence-corrected chi connectivity index (χ1v) is 12.1. The van der Waals surface area contributed by atoms with Crippen LogP contribution in [0.15, 0.2) is 103 Å². The van der Waals surface area contributed by atoms with E-state index >= 15 is 0 Å². The molecule has 2 unspecified atom stereocenters. The predicted octanol–water partition coefficient (Wildman–Crippen LogP) is 7.48. The maximum atomic E-state index is 6.32. The molecule has 0 spiro atoms. The van der Waals surface area contributed by atoms with Crippen molar-refractivity contribution in [2.75, 3.05) is 0 Å².